The van der Waals surface area contributed by atoms with E-state index in [4.69, 9.17) is 5.11 Å². The first-order valence-electron chi connectivity index (χ1n) is 4.13. The highest BCUT2D eigenvalue weighted by atomic mass is 16.5. The second-order valence-corrected chi connectivity index (χ2v) is 3.02. The lowest BCUT2D eigenvalue weighted by Gasteiger charge is -2.26. The van der Waals surface area contributed by atoms with Gasteiger partial charge in [0, 0.05) is 12.0 Å². The number of carbonyl (C=O) groups is 1. The normalized spacial score (nSPS) is 31.9. The van der Waals surface area contributed by atoms with Gasteiger partial charge in [0.25, 0.3) is 0 Å². The van der Waals surface area contributed by atoms with E-state index < -0.39 is 24.3 Å². The van der Waals surface area contributed by atoms with Gasteiger partial charge in [0.2, 0.25) is 0 Å². The molecule has 0 heterocycles. The molecule has 78 valence electrons. The molecule has 1 aliphatic rings. The lowest BCUT2D eigenvalue weighted by atomic mass is 9.92. The van der Waals surface area contributed by atoms with Gasteiger partial charge >= 0.3 is 5.97 Å². The second-order valence-electron chi connectivity index (χ2n) is 3.02. The van der Waals surface area contributed by atoms with Crippen LogP contribution in [0.5, 0.6) is 0 Å². The number of hydrogen-bond donors (Lipinski definition) is 3. The summed E-state index contributed by atoms with van der Waals surface area (Å²) in [6.45, 7) is 3.20. The van der Waals surface area contributed by atoms with E-state index in [1.165, 1.54) is 6.08 Å². The molecule has 0 aromatic rings. The van der Waals surface area contributed by atoms with Crippen molar-refractivity contribution in [3.8, 4) is 0 Å². The largest absolute Gasteiger partial charge is 0.432 e. The van der Waals surface area contributed by atoms with Gasteiger partial charge in [-0.2, -0.15) is 0 Å². The van der Waals surface area contributed by atoms with Crippen LogP contribution in [0.3, 0.4) is 0 Å². The topological polar surface area (TPSA) is 87.0 Å². The number of hydrogen-bond acceptors (Lipinski definition) is 5. The predicted octanol–water partition coefficient (Wildman–Crippen LogP) is -0.914. The molecule has 0 fully saturated rings. The first kappa shape index (κ1) is 10.9. The maximum Gasteiger partial charge on any atom is 0.338 e. The molecule has 14 heavy (non-hydrogen) atoms. The maximum absolute atomic E-state index is 11.1. The Bertz CT molecular complexity index is 270. The Hall–Kier alpha value is -1.17. The van der Waals surface area contributed by atoms with Crippen molar-refractivity contribution in [3.05, 3.63) is 24.5 Å². The number of carbonyl (C=O) groups excluding carboxylic acids is 1. The van der Waals surface area contributed by atoms with Crippen molar-refractivity contribution in [1.82, 2.24) is 0 Å². The zero-order chi connectivity index (χ0) is 10.7. The van der Waals surface area contributed by atoms with E-state index >= 15 is 0 Å². The molecule has 0 saturated heterocycles. The molecule has 1 aliphatic carbocycles. The quantitative estimate of drug-likeness (QED) is 0.396. The zero-order valence-corrected chi connectivity index (χ0v) is 7.46. The molecule has 0 spiro atoms. The molecule has 0 saturated carbocycles. The average Bonchev–Trinajstić information content (AvgIpc) is 2.13. The summed E-state index contributed by atoms with van der Waals surface area (Å²) >= 11 is 0. The van der Waals surface area contributed by atoms with Gasteiger partial charge in [-0.1, -0.05) is 6.58 Å². The van der Waals surface area contributed by atoms with Gasteiger partial charge in [0.15, 0.2) is 0 Å². The Morgan fingerprint density at radius 2 is 2.21 bits per heavy atom. The van der Waals surface area contributed by atoms with Gasteiger partial charge in [-0.25, -0.2) is 4.79 Å². The standard InChI is InChI=1S/C9H12O5/c1-2-14-9(13)5-3-6(10)8(12)7(11)4-5/h2-3,6-8,10-12H,1,4H2. The monoisotopic (exact) mass is 200 g/mol. The Balaban J connectivity index is 2.76. The number of rotatable bonds is 2. The first-order valence-corrected chi connectivity index (χ1v) is 4.13. The molecule has 5 heteroatoms. The molecule has 0 amide bonds. The molecule has 3 atom stereocenters. The summed E-state index contributed by atoms with van der Waals surface area (Å²) < 4.78 is 4.47. The summed E-state index contributed by atoms with van der Waals surface area (Å²) in [7, 11) is 0. The number of aliphatic hydroxyl groups is 3. The minimum absolute atomic E-state index is 0.0368. The van der Waals surface area contributed by atoms with Crippen molar-refractivity contribution in [2.75, 3.05) is 0 Å². The van der Waals surface area contributed by atoms with Crippen molar-refractivity contribution in [2.24, 2.45) is 0 Å². The smallest absolute Gasteiger partial charge is 0.338 e. The fourth-order valence-electron chi connectivity index (χ4n) is 1.25. The van der Waals surface area contributed by atoms with Crippen LogP contribution < -0.4 is 0 Å². The van der Waals surface area contributed by atoms with Gasteiger partial charge in [-0.05, 0) is 6.08 Å². The molecule has 0 bridgehead atoms. The third-order valence-corrected chi connectivity index (χ3v) is 2.00. The lowest BCUT2D eigenvalue weighted by molar-refractivity contribution is -0.135. The Kier molecular flexibility index (Phi) is 3.40. The highest BCUT2D eigenvalue weighted by molar-refractivity contribution is 5.89. The molecule has 0 aliphatic heterocycles. The molecule has 0 radical (unpaired) electrons. The van der Waals surface area contributed by atoms with E-state index in [9.17, 15) is 15.0 Å². The molecule has 3 N–H and O–H groups in total. The number of aliphatic hydroxyl groups excluding tert-OH is 3. The molecule has 1 rings (SSSR count). The lowest BCUT2D eigenvalue weighted by Crippen LogP contribution is -2.40. The van der Waals surface area contributed by atoms with Crippen LogP contribution in [-0.2, 0) is 9.53 Å². The third-order valence-electron chi connectivity index (χ3n) is 2.00. The Morgan fingerprint density at radius 1 is 1.57 bits per heavy atom. The maximum atomic E-state index is 11.1. The molecule has 5 nitrogen and oxygen atoms in total. The van der Waals surface area contributed by atoms with E-state index in [-0.39, 0.29) is 12.0 Å². The number of esters is 1. The van der Waals surface area contributed by atoms with E-state index in [1.54, 1.807) is 0 Å². The van der Waals surface area contributed by atoms with Crippen molar-refractivity contribution in [3.63, 3.8) is 0 Å². The van der Waals surface area contributed by atoms with Crippen molar-refractivity contribution < 1.29 is 24.9 Å². The molecule has 0 aromatic heterocycles. The molecule has 0 aromatic carbocycles. The van der Waals surface area contributed by atoms with Crippen LogP contribution in [0.25, 0.3) is 0 Å². The van der Waals surface area contributed by atoms with Gasteiger partial charge in [-0.15, -0.1) is 0 Å². The minimum atomic E-state index is -1.25. The van der Waals surface area contributed by atoms with Crippen LogP contribution in [0.4, 0.5) is 0 Å². The summed E-state index contributed by atoms with van der Waals surface area (Å²) in [5.41, 5.74) is 0.134. The van der Waals surface area contributed by atoms with E-state index in [0.29, 0.717) is 0 Å². The Labute approximate surface area is 80.9 Å². The second kappa shape index (κ2) is 4.36. The average molecular weight is 200 g/mol. The van der Waals surface area contributed by atoms with E-state index in [2.05, 4.69) is 11.3 Å². The molecule has 3 unspecified atom stereocenters. The van der Waals surface area contributed by atoms with Crippen molar-refractivity contribution >= 4 is 5.97 Å². The van der Waals surface area contributed by atoms with Gasteiger partial charge < -0.3 is 20.1 Å². The molecular formula is C9H12O5. The molecular weight excluding hydrogens is 188 g/mol. The van der Waals surface area contributed by atoms with Crippen LogP contribution in [0.2, 0.25) is 0 Å². The van der Waals surface area contributed by atoms with E-state index in [1.807, 2.05) is 0 Å². The summed E-state index contributed by atoms with van der Waals surface area (Å²) in [4.78, 5) is 11.1. The van der Waals surface area contributed by atoms with Crippen LogP contribution in [0.1, 0.15) is 6.42 Å². The summed E-state index contributed by atoms with van der Waals surface area (Å²) in [5.74, 6) is -0.676. The summed E-state index contributed by atoms with van der Waals surface area (Å²) in [6, 6.07) is 0. The van der Waals surface area contributed by atoms with E-state index in [0.717, 1.165) is 6.26 Å². The SMILES string of the molecule is C=COC(=O)C1=CC(O)C(O)C(O)C1. The fraction of sp³-hybridized carbons (Fsp3) is 0.444. The third kappa shape index (κ3) is 2.20. The van der Waals surface area contributed by atoms with Gasteiger partial charge in [0.05, 0.1) is 12.4 Å². The zero-order valence-electron chi connectivity index (χ0n) is 7.46. The number of ether oxygens (including phenoxy) is 1. The van der Waals surface area contributed by atoms with Gasteiger partial charge in [0.1, 0.15) is 12.2 Å². The van der Waals surface area contributed by atoms with Crippen molar-refractivity contribution in [2.45, 2.75) is 24.7 Å². The summed E-state index contributed by atoms with van der Waals surface area (Å²) in [5, 5.41) is 27.6. The minimum Gasteiger partial charge on any atom is -0.432 e. The van der Waals surface area contributed by atoms with Crippen LogP contribution in [-0.4, -0.2) is 39.6 Å². The fourth-order valence-corrected chi connectivity index (χ4v) is 1.25. The Morgan fingerprint density at radius 3 is 2.71 bits per heavy atom. The van der Waals surface area contributed by atoms with Crippen LogP contribution in [0.15, 0.2) is 24.5 Å². The highest BCUT2D eigenvalue weighted by Crippen LogP contribution is 2.20. The van der Waals surface area contributed by atoms with Crippen molar-refractivity contribution in [1.29, 1.82) is 0 Å². The first-order chi connectivity index (χ1) is 6.56. The highest BCUT2D eigenvalue weighted by Gasteiger charge is 2.31. The predicted molar refractivity (Wildman–Crippen MR) is 47.0 cm³/mol. The summed E-state index contributed by atoms with van der Waals surface area (Å²) in [6.07, 6.45) is -1.55. The van der Waals surface area contributed by atoms with Gasteiger partial charge in [-0.3, -0.25) is 0 Å². The van der Waals surface area contributed by atoms with Crippen LogP contribution in [0, 0.1) is 0 Å². The van der Waals surface area contributed by atoms with Crippen LogP contribution >= 0.6 is 0 Å².